The minimum Gasteiger partial charge on any atom is -0.481 e. The second-order valence-corrected chi connectivity index (χ2v) is 6.28. The predicted molar refractivity (Wildman–Crippen MR) is 65.6 cm³/mol. The molecule has 17 heavy (non-hydrogen) atoms. The maximum atomic E-state index is 11.9. The molecule has 1 saturated heterocycles. The minimum atomic E-state index is -0.788. The van der Waals surface area contributed by atoms with E-state index < -0.39 is 11.9 Å². The van der Waals surface area contributed by atoms with E-state index in [4.69, 9.17) is 5.11 Å². The molecule has 0 aliphatic carbocycles. The molecule has 4 nitrogen and oxygen atoms in total. The Kier molecular flexibility index (Phi) is 4.17. The average Bonchev–Trinajstić information content (AvgIpc) is 2.55. The van der Waals surface area contributed by atoms with Gasteiger partial charge in [0, 0.05) is 19.5 Å². The van der Waals surface area contributed by atoms with Crippen LogP contribution in [0.25, 0.3) is 0 Å². The summed E-state index contributed by atoms with van der Waals surface area (Å²) in [5.41, 5.74) is 0.146. The molecule has 0 aromatic rings. The summed E-state index contributed by atoms with van der Waals surface area (Å²) in [4.78, 5) is 24.6. The summed E-state index contributed by atoms with van der Waals surface area (Å²) in [5, 5.41) is 9.00. The monoisotopic (exact) mass is 241 g/mol. The number of carbonyl (C=O) groups is 2. The number of carbonyl (C=O) groups excluding carboxylic acids is 1. The molecule has 2 atom stereocenters. The number of carboxylic acids is 1. The van der Waals surface area contributed by atoms with Crippen LogP contribution in [0.3, 0.4) is 0 Å². The van der Waals surface area contributed by atoms with Gasteiger partial charge < -0.3 is 10.0 Å². The summed E-state index contributed by atoms with van der Waals surface area (Å²) < 4.78 is 0. The molecule has 0 saturated carbocycles. The predicted octanol–water partition coefficient (Wildman–Crippen LogP) is 1.99. The van der Waals surface area contributed by atoms with Crippen molar-refractivity contribution in [1.82, 2.24) is 4.90 Å². The number of likely N-dealkylation sites (tertiary alicyclic amines) is 1. The second kappa shape index (κ2) is 5.07. The van der Waals surface area contributed by atoms with Crippen LogP contribution in [0, 0.1) is 17.3 Å². The normalized spacial score (nSPS) is 25.1. The van der Waals surface area contributed by atoms with Gasteiger partial charge in [-0.15, -0.1) is 0 Å². The number of hydrogen-bond acceptors (Lipinski definition) is 2. The maximum Gasteiger partial charge on any atom is 0.308 e. The van der Waals surface area contributed by atoms with Crippen molar-refractivity contribution in [1.29, 1.82) is 0 Å². The van der Waals surface area contributed by atoms with Crippen LogP contribution in [-0.4, -0.2) is 35.0 Å². The third-order valence-electron chi connectivity index (χ3n) is 3.37. The van der Waals surface area contributed by atoms with Gasteiger partial charge in [0.25, 0.3) is 0 Å². The van der Waals surface area contributed by atoms with Gasteiger partial charge in [-0.3, -0.25) is 9.59 Å². The van der Waals surface area contributed by atoms with Crippen molar-refractivity contribution < 1.29 is 14.7 Å². The molecule has 1 rings (SSSR count). The summed E-state index contributed by atoms with van der Waals surface area (Å²) in [6.07, 6.45) is 1.36. The van der Waals surface area contributed by atoms with E-state index in [9.17, 15) is 9.59 Å². The lowest BCUT2D eigenvalue weighted by atomic mass is 9.90. The van der Waals surface area contributed by atoms with Crippen molar-refractivity contribution in [2.75, 3.05) is 13.1 Å². The zero-order valence-electron chi connectivity index (χ0n) is 11.2. The summed E-state index contributed by atoms with van der Waals surface area (Å²) in [6.45, 7) is 9.17. The fourth-order valence-corrected chi connectivity index (χ4v) is 2.13. The third kappa shape index (κ3) is 4.02. The number of amides is 1. The molecule has 0 spiro atoms. The fourth-order valence-electron chi connectivity index (χ4n) is 2.13. The molecule has 0 unspecified atom stereocenters. The molecule has 0 bridgehead atoms. The SMILES string of the molecule is C[C@@H]1CN(C(=O)CCC(C)(C)C)C[C@H]1C(=O)O. The van der Waals surface area contributed by atoms with E-state index >= 15 is 0 Å². The highest BCUT2D eigenvalue weighted by Crippen LogP contribution is 2.26. The highest BCUT2D eigenvalue weighted by molar-refractivity contribution is 5.79. The van der Waals surface area contributed by atoms with Gasteiger partial charge in [0.1, 0.15) is 0 Å². The number of aliphatic carboxylic acids is 1. The second-order valence-electron chi connectivity index (χ2n) is 6.28. The Morgan fingerprint density at radius 1 is 1.29 bits per heavy atom. The van der Waals surface area contributed by atoms with Crippen molar-refractivity contribution >= 4 is 11.9 Å². The van der Waals surface area contributed by atoms with Crippen molar-refractivity contribution in [3.05, 3.63) is 0 Å². The third-order valence-corrected chi connectivity index (χ3v) is 3.37. The van der Waals surface area contributed by atoms with Crippen LogP contribution in [0.2, 0.25) is 0 Å². The van der Waals surface area contributed by atoms with Gasteiger partial charge >= 0.3 is 5.97 Å². The topological polar surface area (TPSA) is 57.6 Å². The fraction of sp³-hybridized carbons (Fsp3) is 0.846. The Hall–Kier alpha value is -1.06. The van der Waals surface area contributed by atoms with Crippen LogP contribution in [0.1, 0.15) is 40.5 Å². The summed E-state index contributed by atoms with van der Waals surface area (Å²) >= 11 is 0. The van der Waals surface area contributed by atoms with Gasteiger partial charge in [-0.1, -0.05) is 27.7 Å². The van der Waals surface area contributed by atoms with Crippen molar-refractivity contribution in [3.8, 4) is 0 Å². The van der Waals surface area contributed by atoms with E-state index in [1.165, 1.54) is 0 Å². The summed E-state index contributed by atoms with van der Waals surface area (Å²) in [6, 6.07) is 0. The first-order valence-electron chi connectivity index (χ1n) is 6.21. The van der Waals surface area contributed by atoms with E-state index in [-0.39, 0.29) is 17.2 Å². The first kappa shape index (κ1) is 14.0. The molecule has 1 N–H and O–H groups in total. The van der Waals surface area contributed by atoms with E-state index in [1.807, 2.05) is 6.92 Å². The van der Waals surface area contributed by atoms with Crippen LogP contribution in [-0.2, 0) is 9.59 Å². The van der Waals surface area contributed by atoms with E-state index in [1.54, 1.807) is 4.90 Å². The molecule has 98 valence electrons. The zero-order chi connectivity index (χ0) is 13.2. The summed E-state index contributed by atoms with van der Waals surface area (Å²) in [5.74, 6) is -1.03. The summed E-state index contributed by atoms with van der Waals surface area (Å²) in [7, 11) is 0. The van der Waals surface area contributed by atoms with Gasteiger partial charge in [0.2, 0.25) is 5.91 Å². The van der Waals surface area contributed by atoms with Gasteiger partial charge in [0.15, 0.2) is 0 Å². The molecule has 0 aromatic carbocycles. The van der Waals surface area contributed by atoms with Gasteiger partial charge in [-0.2, -0.15) is 0 Å². The molecule has 1 aliphatic heterocycles. The van der Waals surface area contributed by atoms with E-state index in [0.29, 0.717) is 19.5 Å². The smallest absolute Gasteiger partial charge is 0.308 e. The quantitative estimate of drug-likeness (QED) is 0.822. The first-order chi connectivity index (χ1) is 7.70. The van der Waals surface area contributed by atoms with Crippen molar-refractivity contribution in [2.45, 2.75) is 40.5 Å². The Morgan fingerprint density at radius 2 is 1.88 bits per heavy atom. The zero-order valence-corrected chi connectivity index (χ0v) is 11.2. The Morgan fingerprint density at radius 3 is 2.29 bits per heavy atom. The molecular formula is C13H23NO3. The molecule has 0 radical (unpaired) electrons. The first-order valence-corrected chi connectivity index (χ1v) is 6.21. The van der Waals surface area contributed by atoms with Gasteiger partial charge in [-0.25, -0.2) is 0 Å². The minimum absolute atomic E-state index is 0.0612. The number of nitrogens with zero attached hydrogens (tertiary/aromatic N) is 1. The van der Waals surface area contributed by atoms with Crippen LogP contribution in [0.15, 0.2) is 0 Å². The van der Waals surface area contributed by atoms with Crippen LogP contribution < -0.4 is 0 Å². The largest absolute Gasteiger partial charge is 0.481 e. The molecule has 1 heterocycles. The molecule has 1 aliphatic rings. The van der Waals surface area contributed by atoms with Crippen LogP contribution in [0.5, 0.6) is 0 Å². The van der Waals surface area contributed by atoms with Crippen molar-refractivity contribution in [2.24, 2.45) is 17.3 Å². The van der Waals surface area contributed by atoms with Crippen LogP contribution in [0.4, 0.5) is 0 Å². The van der Waals surface area contributed by atoms with Gasteiger partial charge in [0.05, 0.1) is 5.92 Å². The van der Waals surface area contributed by atoms with Crippen molar-refractivity contribution in [3.63, 3.8) is 0 Å². The number of carboxylic acid groups (broad SMARTS) is 1. The Labute approximate surface area is 103 Å². The maximum absolute atomic E-state index is 11.9. The average molecular weight is 241 g/mol. The highest BCUT2D eigenvalue weighted by Gasteiger charge is 2.36. The highest BCUT2D eigenvalue weighted by atomic mass is 16.4. The molecule has 1 amide bonds. The molecule has 1 fully saturated rings. The van der Waals surface area contributed by atoms with Gasteiger partial charge in [-0.05, 0) is 17.8 Å². The van der Waals surface area contributed by atoms with E-state index in [0.717, 1.165) is 6.42 Å². The van der Waals surface area contributed by atoms with E-state index in [2.05, 4.69) is 20.8 Å². The standard InChI is InChI=1S/C13H23NO3/c1-9-7-14(8-10(9)12(16)17)11(15)5-6-13(2,3)4/h9-10H,5-8H2,1-4H3,(H,16,17)/t9-,10-/m1/s1. The lowest BCUT2D eigenvalue weighted by Crippen LogP contribution is -2.30. The lowest BCUT2D eigenvalue weighted by Gasteiger charge is -2.21. The Bertz CT molecular complexity index is 306. The number of rotatable bonds is 3. The lowest BCUT2D eigenvalue weighted by molar-refractivity contribution is -0.142. The number of hydrogen-bond donors (Lipinski definition) is 1. The van der Waals surface area contributed by atoms with Crippen LogP contribution >= 0.6 is 0 Å². The molecule has 4 heteroatoms. The Balaban J connectivity index is 2.48. The molecular weight excluding hydrogens is 218 g/mol. The molecule has 0 aromatic heterocycles.